The van der Waals surface area contributed by atoms with Crippen LogP contribution in [0.4, 0.5) is 0 Å². The van der Waals surface area contributed by atoms with Crippen LogP contribution in [-0.2, 0) is 21.4 Å². The van der Waals surface area contributed by atoms with E-state index in [2.05, 4.69) is 4.72 Å². The van der Waals surface area contributed by atoms with Gasteiger partial charge < -0.3 is 9.32 Å². The monoisotopic (exact) mass is 398 g/mol. The molecule has 0 unspecified atom stereocenters. The molecule has 0 saturated carbocycles. The van der Waals surface area contributed by atoms with Crippen molar-refractivity contribution in [2.24, 2.45) is 0 Å². The van der Waals surface area contributed by atoms with Crippen molar-refractivity contribution in [1.82, 2.24) is 9.62 Å². The maximum atomic E-state index is 12.8. The number of carbonyl (C=O) groups excluding carboxylic acids is 1. The molecule has 1 aromatic heterocycles. The fourth-order valence-corrected chi connectivity index (χ4v) is 3.79. The Morgan fingerprint density at radius 3 is 2.27 bits per heavy atom. The van der Waals surface area contributed by atoms with Crippen LogP contribution in [0, 0.1) is 6.92 Å². The third-order valence-corrected chi connectivity index (χ3v) is 5.66. The lowest BCUT2D eigenvalue weighted by molar-refractivity contribution is -0.135. The Hall–Kier alpha value is -1.83. The van der Waals surface area contributed by atoms with Crippen LogP contribution in [0.3, 0.4) is 0 Å². The van der Waals surface area contributed by atoms with Crippen LogP contribution in [0.5, 0.6) is 0 Å². The predicted molar refractivity (Wildman–Crippen MR) is 100 cm³/mol. The summed E-state index contributed by atoms with van der Waals surface area (Å²) >= 11 is 5.79. The fourth-order valence-electron chi connectivity index (χ4n) is 2.47. The molecule has 8 heteroatoms. The minimum atomic E-state index is -3.83. The smallest absolute Gasteiger partial charge is 0.241 e. The van der Waals surface area contributed by atoms with E-state index in [1.165, 1.54) is 31.2 Å². The lowest BCUT2D eigenvalue weighted by atomic mass is 10.2. The highest BCUT2D eigenvalue weighted by molar-refractivity contribution is 7.89. The first-order valence-electron chi connectivity index (χ1n) is 8.24. The highest BCUT2D eigenvalue weighted by Crippen LogP contribution is 2.16. The number of hydrogen-bond acceptors (Lipinski definition) is 4. The first-order chi connectivity index (χ1) is 12.1. The minimum Gasteiger partial charge on any atom is -0.464 e. The zero-order valence-corrected chi connectivity index (χ0v) is 16.8. The van der Waals surface area contributed by atoms with Crippen LogP contribution < -0.4 is 4.72 Å². The van der Waals surface area contributed by atoms with E-state index in [9.17, 15) is 13.2 Å². The maximum absolute atomic E-state index is 12.8. The number of furan rings is 1. The lowest BCUT2D eigenvalue weighted by Crippen LogP contribution is -2.48. The van der Waals surface area contributed by atoms with E-state index in [0.29, 0.717) is 10.8 Å². The lowest BCUT2D eigenvalue weighted by Gasteiger charge is -2.29. The summed E-state index contributed by atoms with van der Waals surface area (Å²) in [6.07, 6.45) is 0. The van der Waals surface area contributed by atoms with Gasteiger partial charge in [0.25, 0.3) is 0 Å². The van der Waals surface area contributed by atoms with Gasteiger partial charge in [-0.15, -0.1) is 0 Å². The summed E-state index contributed by atoms with van der Waals surface area (Å²) in [6.45, 7) is 7.37. The van der Waals surface area contributed by atoms with E-state index >= 15 is 0 Å². The molecule has 0 saturated heterocycles. The Balaban J connectivity index is 2.13. The molecule has 0 radical (unpaired) electrons. The molecule has 0 aliphatic heterocycles. The molecule has 0 spiro atoms. The number of hydrogen-bond donors (Lipinski definition) is 1. The fraction of sp³-hybridized carbons (Fsp3) is 0.389. The predicted octanol–water partition coefficient (Wildman–Crippen LogP) is 3.35. The van der Waals surface area contributed by atoms with Crippen LogP contribution in [0.2, 0.25) is 5.02 Å². The van der Waals surface area contributed by atoms with Gasteiger partial charge in [-0.05, 0) is 64.1 Å². The van der Waals surface area contributed by atoms with Crippen LogP contribution in [0.1, 0.15) is 32.3 Å². The molecular weight excluding hydrogens is 376 g/mol. The molecule has 0 bridgehead atoms. The van der Waals surface area contributed by atoms with E-state index in [-0.39, 0.29) is 23.4 Å². The average molecular weight is 399 g/mol. The molecule has 142 valence electrons. The summed E-state index contributed by atoms with van der Waals surface area (Å²) in [5.41, 5.74) is 0. The van der Waals surface area contributed by atoms with Gasteiger partial charge >= 0.3 is 0 Å². The molecule has 1 aromatic carbocycles. The van der Waals surface area contributed by atoms with Gasteiger partial charge in [0.15, 0.2) is 0 Å². The zero-order valence-electron chi connectivity index (χ0n) is 15.2. The Morgan fingerprint density at radius 2 is 1.77 bits per heavy atom. The normalized spacial score (nSPS) is 13.0. The largest absolute Gasteiger partial charge is 0.464 e. The number of sulfonamides is 1. The Labute approximate surface area is 159 Å². The average Bonchev–Trinajstić information content (AvgIpc) is 2.97. The molecule has 2 rings (SSSR count). The highest BCUT2D eigenvalue weighted by atomic mass is 35.5. The minimum absolute atomic E-state index is 0.0549. The maximum Gasteiger partial charge on any atom is 0.241 e. The topological polar surface area (TPSA) is 79.6 Å². The number of halogens is 1. The van der Waals surface area contributed by atoms with Crippen molar-refractivity contribution in [1.29, 1.82) is 0 Å². The number of amides is 1. The number of carbonyl (C=O) groups is 1. The van der Waals surface area contributed by atoms with Crippen LogP contribution in [-0.4, -0.2) is 31.3 Å². The van der Waals surface area contributed by atoms with Gasteiger partial charge in [-0.1, -0.05) is 11.6 Å². The molecule has 6 nitrogen and oxygen atoms in total. The number of rotatable bonds is 7. The Bertz CT molecular complexity index is 860. The standard InChI is InChI=1S/C18H23ClN2O4S/c1-12(2)21(11-16-8-5-13(3)25-16)18(22)14(4)20-26(23,24)17-9-6-15(19)7-10-17/h5-10,12,14,20H,11H2,1-4H3/t14-/m0/s1. The molecule has 1 heterocycles. The Morgan fingerprint density at radius 1 is 1.15 bits per heavy atom. The van der Waals surface area contributed by atoms with Crippen molar-refractivity contribution in [3.63, 3.8) is 0 Å². The van der Waals surface area contributed by atoms with Crippen LogP contribution in [0.25, 0.3) is 0 Å². The number of benzene rings is 1. The van der Waals surface area contributed by atoms with E-state index in [1.54, 1.807) is 11.0 Å². The molecule has 1 atom stereocenters. The SMILES string of the molecule is Cc1ccc(CN(C(=O)[C@H](C)NS(=O)(=O)c2ccc(Cl)cc2)C(C)C)o1. The van der Waals surface area contributed by atoms with Gasteiger partial charge in [0, 0.05) is 11.1 Å². The van der Waals surface area contributed by atoms with Gasteiger partial charge in [0.05, 0.1) is 17.5 Å². The van der Waals surface area contributed by atoms with Crippen molar-refractivity contribution >= 4 is 27.5 Å². The van der Waals surface area contributed by atoms with Crippen molar-refractivity contribution in [3.05, 3.63) is 52.9 Å². The summed E-state index contributed by atoms with van der Waals surface area (Å²) in [7, 11) is -3.83. The van der Waals surface area contributed by atoms with Crippen molar-refractivity contribution < 1.29 is 17.6 Å². The van der Waals surface area contributed by atoms with E-state index < -0.39 is 16.1 Å². The third kappa shape index (κ3) is 5.09. The van der Waals surface area contributed by atoms with E-state index in [0.717, 1.165) is 5.76 Å². The van der Waals surface area contributed by atoms with Crippen molar-refractivity contribution in [2.75, 3.05) is 0 Å². The molecule has 26 heavy (non-hydrogen) atoms. The summed E-state index contributed by atoms with van der Waals surface area (Å²) < 4.78 is 32.9. The van der Waals surface area contributed by atoms with Crippen molar-refractivity contribution in [2.45, 2.75) is 51.2 Å². The van der Waals surface area contributed by atoms with E-state index in [4.69, 9.17) is 16.0 Å². The zero-order chi connectivity index (χ0) is 19.5. The summed E-state index contributed by atoms with van der Waals surface area (Å²) in [6, 6.07) is 8.36. The molecule has 1 amide bonds. The second-order valence-corrected chi connectivity index (χ2v) is 8.52. The van der Waals surface area contributed by atoms with E-state index in [1.807, 2.05) is 26.8 Å². The second kappa shape index (κ2) is 8.24. The number of nitrogens with one attached hydrogen (secondary N) is 1. The molecule has 0 aliphatic rings. The number of aryl methyl sites for hydroxylation is 1. The Kier molecular flexibility index (Phi) is 6.49. The van der Waals surface area contributed by atoms with Crippen LogP contribution in [0.15, 0.2) is 45.7 Å². The first-order valence-corrected chi connectivity index (χ1v) is 10.1. The number of nitrogens with zero attached hydrogens (tertiary/aromatic N) is 1. The van der Waals surface area contributed by atoms with Gasteiger partial charge in [-0.25, -0.2) is 8.42 Å². The van der Waals surface area contributed by atoms with Gasteiger partial charge in [-0.2, -0.15) is 4.72 Å². The summed E-state index contributed by atoms with van der Waals surface area (Å²) in [5.74, 6) is 1.08. The first kappa shape index (κ1) is 20.5. The highest BCUT2D eigenvalue weighted by Gasteiger charge is 2.28. The van der Waals surface area contributed by atoms with Gasteiger partial charge in [0.2, 0.25) is 15.9 Å². The van der Waals surface area contributed by atoms with Gasteiger partial charge in [-0.3, -0.25) is 4.79 Å². The molecule has 0 fully saturated rings. The summed E-state index contributed by atoms with van der Waals surface area (Å²) in [4.78, 5) is 14.4. The third-order valence-electron chi connectivity index (χ3n) is 3.85. The second-order valence-electron chi connectivity index (χ2n) is 6.37. The molecule has 1 N–H and O–H groups in total. The van der Waals surface area contributed by atoms with Crippen LogP contribution >= 0.6 is 11.6 Å². The molecule has 0 aliphatic carbocycles. The van der Waals surface area contributed by atoms with Crippen molar-refractivity contribution in [3.8, 4) is 0 Å². The summed E-state index contributed by atoms with van der Waals surface area (Å²) in [5, 5.41) is 0.438. The quantitative estimate of drug-likeness (QED) is 0.775. The molecule has 2 aromatic rings. The molecular formula is C18H23ClN2O4S. The van der Waals surface area contributed by atoms with Gasteiger partial charge in [0.1, 0.15) is 11.5 Å².